The zero-order valence-electron chi connectivity index (χ0n) is 17.5. The van der Waals surface area contributed by atoms with Gasteiger partial charge in [0.1, 0.15) is 5.75 Å². The van der Waals surface area contributed by atoms with Gasteiger partial charge in [0, 0.05) is 31.7 Å². The summed E-state index contributed by atoms with van der Waals surface area (Å²) in [4.78, 5) is 16.5. The van der Waals surface area contributed by atoms with Gasteiger partial charge in [0.25, 0.3) is 0 Å². The van der Waals surface area contributed by atoms with Crippen LogP contribution in [0.25, 0.3) is 0 Å². The number of anilines is 1. The molecule has 3 unspecified atom stereocenters. The monoisotopic (exact) mass is 373 g/mol. The molecule has 1 aromatic carbocycles. The highest BCUT2D eigenvalue weighted by atomic mass is 16.5. The molecule has 5 heteroatoms. The molecule has 0 saturated carbocycles. The van der Waals surface area contributed by atoms with Crippen LogP contribution in [0, 0.1) is 5.92 Å². The molecule has 1 amide bonds. The Labute approximate surface area is 164 Å². The Kier molecular flexibility index (Phi) is 5.99. The normalized spacial score (nSPS) is 26.8. The number of rotatable bonds is 7. The largest absolute Gasteiger partial charge is 0.412 e. The number of carbonyl (C=O) groups is 1. The summed E-state index contributed by atoms with van der Waals surface area (Å²) in [7, 11) is 6.01. The lowest BCUT2D eigenvalue weighted by Crippen LogP contribution is -2.46. The van der Waals surface area contributed by atoms with Crippen molar-refractivity contribution < 1.29 is 9.53 Å². The summed E-state index contributed by atoms with van der Waals surface area (Å²) in [5.74, 6) is 1.24. The van der Waals surface area contributed by atoms with Crippen molar-refractivity contribution in [3.05, 3.63) is 23.8 Å². The van der Waals surface area contributed by atoms with Gasteiger partial charge in [-0.1, -0.05) is 46.0 Å². The highest BCUT2D eigenvalue weighted by Crippen LogP contribution is 2.55. The zero-order valence-corrected chi connectivity index (χ0v) is 17.5. The number of unbranched alkanes of at least 4 members (excludes halogenated alkanes) is 4. The molecule has 3 atom stereocenters. The van der Waals surface area contributed by atoms with E-state index in [0.717, 1.165) is 6.54 Å². The minimum absolute atomic E-state index is 0.0612. The Morgan fingerprint density at radius 3 is 2.70 bits per heavy atom. The van der Waals surface area contributed by atoms with Crippen molar-refractivity contribution in [1.82, 2.24) is 10.2 Å². The van der Waals surface area contributed by atoms with Crippen molar-refractivity contribution in [2.45, 2.75) is 64.0 Å². The van der Waals surface area contributed by atoms with Crippen LogP contribution < -0.4 is 15.0 Å². The van der Waals surface area contributed by atoms with Crippen LogP contribution in [0.3, 0.4) is 0 Å². The van der Waals surface area contributed by atoms with E-state index in [4.69, 9.17) is 4.74 Å². The van der Waals surface area contributed by atoms with E-state index in [1.807, 2.05) is 6.07 Å². The first-order valence-electron chi connectivity index (χ1n) is 10.4. The first-order valence-corrected chi connectivity index (χ1v) is 10.4. The smallest absolute Gasteiger partial charge is 0.410 e. The summed E-state index contributed by atoms with van der Waals surface area (Å²) >= 11 is 0. The van der Waals surface area contributed by atoms with Crippen LogP contribution in [-0.2, 0) is 5.41 Å². The van der Waals surface area contributed by atoms with Gasteiger partial charge in [-0.2, -0.15) is 0 Å². The number of carbonyl (C=O) groups excluding carboxylic acids is 1. The van der Waals surface area contributed by atoms with E-state index in [9.17, 15) is 4.79 Å². The van der Waals surface area contributed by atoms with E-state index in [2.05, 4.69) is 55.2 Å². The summed E-state index contributed by atoms with van der Waals surface area (Å²) in [6.45, 7) is 5.80. The number of likely N-dealkylation sites (N-methyl/N-ethyl adjacent to an activating group) is 2. The Hall–Kier alpha value is -1.75. The predicted octanol–water partition coefficient (Wildman–Crippen LogP) is 4.36. The van der Waals surface area contributed by atoms with Crippen molar-refractivity contribution in [3.8, 4) is 5.75 Å². The number of hydrogen-bond donors (Lipinski definition) is 1. The molecule has 0 aliphatic carbocycles. The Bertz CT molecular complexity index is 678. The van der Waals surface area contributed by atoms with Gasteiger partial charge in [-0.15, -0.1) is 0 Å². The first kappa shape index (κ1) is 20.0. The second-order valence-corrected chi connectivity index (χ2v) is 8.43. The number of ether oxygens (including phenoxy) is 1. The topological polar surface area (TPSA) is 44.8 Å². The fourth-order valence-electron chi connectivity index (χ4n) is 5.36. The fraction of sp³-hybridized carbons (Fsp3) is 0.682. The maximum Gasteiger partial charge on any atom is 0.412 e. The number of fused-ring (bicyclic) bond motifs is 3. The van der Waals surface area contributed by atoms with Gasteiger partial charge in [-0.25, -0.2) is 4.79 Å². The molecule has 2 aliphatic heterocycles. The average Bonchev–Trinajstić information content (AvgIpc) is 3.04. The van der Waals surface area contributed by atoms with Crippen LogP contribution in [0.5, 0.6) is 5.75 Å². The molecule has 150 valence electrons. The van der Waals surface area contributed by atoms with Crippen LogP contribution in [-0.4, -0.2) is 44.8 Å². The van der Waals surface area contributed by atoms with Gasteiger partial charge in [0.2, 0.25) is 0 Å². The third-order valence-electron chi connectivity index (χ3n) is 6.68. The number of benzene rings is 1. The van der Waals surface area contributed by atoms with Crippen molar-refractivity contribution in [2.75, 3.05) is 32.6 Å². The second-order valence-electron chi connectivity index (χ2n) is 8.43. The minimum atomic E-state index is -0.418. The van der Waals surface area contributed by atoms with E-state index in [1.165, 1.54) is 49.8 Å². The predicted molar refractivity (Wildman–Crippen MR) is 111 cm³/mol. The highest BCUT2D eigenvalue weighted by molar-refractivity contribution is 5.72. The number of likely N-dealkylation sites (tertiary alicyclic amines) is 1. The van der Waals surface area contributed by atoms with Gasteiger partial charge in [0.15, 0.2) is 0 Å². The van der Waals surface area contributed by atoms with Crippen molar-refractivity contribution >= 4 is 11.8 Å². The molecule has 2 aliphatic rings. The third kappa shape index (κ3) is 3.54. The molecule has 3 rings (SSSR count). The molecule has 27 heavy (non-hydrogen) atoms. The van der Waals surface area contributed by atoms with Gasteiger partial charge < -0.3 is 15.0 Å². The number of hydrogen-bond acceptors (Lipinski definition) is 4. The molecule has 2 heterocycles. The molecule has 1 fully saturated rings. The molecule has 1 saturated heterocycles. The fourth-order valence-corrected chi connectivity index (χ4v) is 5.36. The number of amides is 1. The van der Waals surface area contributed by atoms with Gasteiger partial charge in [-0.05, 0) is 43.1 Å². The van der Waals surface area contributed by atoms with E-state index in [1.54, 1.807) is 7.05 Å². The quantitative estimate of drug-likeness (QED) is 0.721. The van der Waals surface area contributed by atoms with Crippen LogP contribution in [0.1, 0.15) is 57.9 Å². The van der Waals surface area contributed by atoms with E-state index in [-0.39, 0.29) is 5.41 Å². The van der Waals surface area contributed by atoms with Crippen molar-refractivity contribution in [3.63, 3.8) is 0 Å². The van der Waals surface area contributed by atoms with Crippen LogP contribution in [0.15, 0.2) is 18.2 Å². The second kappa shape index (κ2) is 8.09. The summed E-state index contributed by atoms with van der Waals surface area (Å²) in [5, 5.41) is 2.53. The van der Waals surface area contributed by atoms with E-state index < -0.39 is 6.09 Å². The summed E-state index contributed by atoms with van der Waals surface area (Å²) in [5.41, 5.74) is 2.64. The summed E-state index contributed by atoms with van der Waals surface area (Å²) < 4.78 is 5.42. The van der Waals surface area contributed by atoms with Crippen LogP contribution in [0.2, 0.25) is 0 Å². The Morgan fingerprint density at radius 2 is 2.00 bits per heavy atom. The van der Waals surface area contributed by atoms with Crippen molar-refractivity contribution in [1.29, 1.82) is 0 Å². The van der Waals surface area contributed by atoms with Gasteiger partial charge >= 0.3 is 6.09 Å². The molecule has 5 nitrogen and oxygen atoms in total. The zero-order chi connectivity index (χ0) is 19.6. The SMILES string of the molecule is CCCCCCCC1CN(C)C2N(C)c3ccc(OC(=O)NC)cc3C12C. The van der Waals surface area contributed by atoms with E-state index >= 15 is 0 Å². The summed E-state index contributed by atoms with van der Waals surface area (Å²) in [6, 6.07) is 6.09. The Balaban J connectivity index is 1.83. The summed E-state index contributed by atoms with van der Waals surface area (Å²) in [6.07, 6.45) is 7.82. The Morgan fingerprint density at radius 1 is 1.26 bits per heavy atom. The molecule has 0 aromatic heterocycles. The average molecular weight is 374 g/mol. The van der Waals surface area contributed by atoms with Crippen molar-refractivity contribution in [2.24, 2.45) is 5.92 Å². The molecular formula is C22H35N3O2. The maximum atomic E-state index is 11.6. The minimum Gasteiger partial charge on any atom is -0.410 e. The molecular weight excluding hydrogens is 338 g/mol. The first-order chi connectivity index (χ1) is 12.9. The third-order valence-corrected chi connectivity index (χ3v) is 6.68. The van der Waals surface area contributed by atoms with E-state index in [0.29, 0.717) is 17.8 Å². The van der Waals surface area contributed by atoms with Gasteiger partial charge in [-0.3, -0.25) is 4.90 Å². The molecule has 0 bridgehead atoms. The number of nitrogens with one attached hydrogen (secondary N) is 1. The lowest BCUT2D eigenvalue weighted by molar-refractivity contribution is 0.202. The highest BCUT2D eigenvalue weighted by Gasteiger charge is 2.57. The van der Waals surface area contributed by atoms with Crippen LogP contribution >= 0.6 is 0 Å². The number of nitrogens with zero attached hydrogens (tertiary/aromatic N) is 2. The molecule has 0 spiro atoms. The molecule has 0 radical (unpaired) electrons. The standard InChI is InChI=1S/C22H35N3O2/c1-6-7-8-9-10-11-16-15-24(4)20-22(16,2)18-14-17(27-21(26)23-3)12-13-19(18)25(20)5/h12-14,16,20H,6-11,15H2,1-5H3,(H,23,26). The lowest BCUT2D eigenvalue weighted by atomic mass is 9.72. The molecule has 1 aromatic rings. The molecule has 1 N–H and O–H groups in total. The van der Waals surface area contributed by atoms with Gasteiger partial charge in [0.05, 0.1) is 6.17 Å². The maximum absolute atomic E-state index is 11.6. The van der Waals surface area contributed by atoms with Crippen LogP contribution in [0.4, 0.5) is 10.5 Å². The lowest BCUT2D eigenvalue weighted by Gasteiger charge is -2.34.